The predicted octanol–water partition coefficient (Wildman–Crippen LogP) is 3.30. The van der Waals surface area contributed by atoms with Gasteiger partial charge in [0.2, 0.25) is 0 Å². The highest BCUT2D eigenvalue weighted by atomic mass is 32.2. The monoisotopic (exact) mass is 268 g/mol. The van der Waals surface area contributed by atoms with Crippen LogP contribution >= 0.6 is 0 Å². The molecule has 0 aliphatic heterocycles. The number of hydrogen-bond donors (Lipinski definition) is 0. The minimum atomic E-state index is -3.69. The molecule has 0 atom stereocenters. The Bertz CT molecular complexity index is 519. The number of rotatable bonds is 4. The second-order valence-electron chi connectivity index (χ2n) is 5.38. The number of benzene rings is 1. The van der Waals surface area contributed by atoms with E-state index in [0.717, 1.165) is 11.1 Å². The van der Waals surface area contributed by atoms with Crippen LogP contribution in [0.3, 0.4) is 0 Å². The third kappa shape index (κ3) is 3.96. The minimum Gasteiger partial charge on any atom is -0.262 e. The molecule has 0 saturated carbocycles. The van der Waals surface area contributed by atoms with E-state index < -0.39 is 10.1 Å². The summed E-state index contributed by atoms with van der Waals surface area (Å²) in [6, 6.07) is 6.58. The van der Waals surface area contributed by atoms with Crippen LogP contribution < -0.4 is 0 Å². The van der Waals surface area contributed by atoms with Gasteiger partial charge in [0.05, 0.1) is 11.5 Å². The average molecular weight is 268 g/mol. The molecule has 0 bridgehead atoms. The molecule has 0 amide bonds. The van der Waals surface area contributed by atoms with Gasteiger partial charge in [-0.3, -0.25) is 4.18 Å². The van der Waals surface area contributed by atoms with Crippen LogP contribution in [-0.2, 0) is 14.3 Å². The van der Waals surface area contributed by atoms with Crippen LogP contribution in [0.5, 0.6) is 0 Å². The maximum absolute atomic E-state index is 11.9. The Morgan fingerprint density at radius 2 is 1.72 bits per heavy atom. The zero-order valence-corrected chi connectivity index (χ0v) is 12.2. The lowest BCUT2D eigenvalue weighted by molar-refractivity contribution is 0.317. The van der Waals surface area contributed by atoms with E-state index in [1.165, 1.54) is 0 Å². The zero-order valence-electron chi connectivity index (χ0n) is 11.4. The molecule has 0 heterocycles. The van der Waals surface area contributed by atoms with Crippen molar-refractivity contribution in [2.24, 2.45) is 5.41 Å². The lowest BCUT2D eigenvalue weighted by atomic mass is 9.88. The zero-order chi connectivity index (χ0) is 14.0. The quantitative estimate of drug-likeness (QED) is 0.621. The standard InChI is InChI=1S/C14H20O3S/c1-11-6-8-13(9-7-11)18(15,16)17-10-12(2)14(3,4)5/h6-9H,2,10H2,1,3-5H3. The van der Waals surface area contributed by atoms with Crippen molar-refractivity contribution in [2.45, 2.75) is 32.6 Å². The predicted molar refractivity (Wildman–Crippen MR) is 72.9 cm³/mol. The molecule has 4 heteroatoms. The van der Waals surface area contributed by atoms with Gasteiger partial charge in [-0.25, -0.2) is 0 Å². The van der Waals surface area contributed by atoms with Gasteiger partial charge in [0, 0.05) is 0 Å². The van der Waals surface area contributed by atoms with Crippen molar-refractivity contribution in [1.29, 1.82) is 0 Å². The fourth-order valence-corrected chi connectivity index (χ4v) is 2.04. The third-order valence-electron chi connectivity index (χ3n) is 2.76. The van der Waals surface area contributed by atoms with Crippen molar-refractivity contribution in [3.8, 4) is 0 Å². The topological polar surface area (TPSA) is 43.4 Å². The maximum atomic E-state index is 11.9. The van der Waals surface area contributed by atoms with Crippen molar-refractivity contribution in [1.82, 2.24) is 0 Å². The van der Waals surface area contributed by atoms with Crippen molar-refractivity contribution in [3.05, 3.63) is 42.0 Å². The first-order valence-corrected chi connectivity index (χ1v) is 7.18. The average Bonchev–Trinajstić information content (AvgIpc) is 2.25. The van der Waals surface area contributed by atoms with E-state index >= 15 is 0 Å². The van der Waals surface area contributed by atoms with Crippen LogP contribution in [0.25, 0.3) is 0 Å². The molecular formula is C14H20O3S. The SMILES string of the molecule is C=C(COS(=O)(=O)c1ccc(C)cc1)C(C)(C)C. The molecule has 0 saturated heterocycles. The highest BCUT2D eigenvalue weighted by Gasteiger charge is 2.20. The molecule has 18 heavy (non-hydrogen) atoms. The van der Waals surface area contributed by atoms with Gasteiger partial charge in [0.15, 0.2) is 0 Å². The Morgan fingerprint density at radius 1 is 1.22 bits per heavy atom. The normalized spacial score (nSPS) is 12.4. The number of aryl methyl sites for hydroxylation is 1. The van der Waals surface area contributed by atoms with Crippen LogP contribution in [0.15, 0.2) is 41.3 Å². The molecular weight excluding hydrogens is 248 g/mol. The summed E-state index contributed by atoms with van der Waals surface area (Å²) in [7, 11) is -3.69. The van der Waals surface area contributed by atoms with E-state index in [1.807, 2.05) is 27.7 Å². The first-order chi connectivity index (χ1) is 8.13. The number of hydrogen-bond acceptors (Lipinski definition) is 3. The third-order valence-corrected chi connectivity index (χ3v) is 4.04. The molecule has 0 N–H and O–H groups in total. The van der Waals surface area contributed by atoms with Crippen molar-refractivity contribution < 1.29 is 12.6 Å². The van der Waals surface area contributed by atoms with Gasteiger partial charge in [0.25, 0.3) is 10.1 Å². The Hall–Kier alpha value is -1.13. The van der Waals surface area contributed by atoms with E-state index in [0.29, 0.717) is 0 Å². The highest BCUT2D eigenvalue weighted by molar-refractivity contribution is 7.86. The van der Waals surface area contributed by atoms with Gasteiger partial charge in [-0.15, -0.1) is 0 Å². The Kier molecular flexibility index (Phi) is 4.35. The summed E-state index contributed by atoms with van der Waals surface area (Å²) in [6.45, 7) is 11.7. The van der Waals surface area contributed by atoms with Crippen LogP contribution in [0.4, 0.5) is 0 Å². The lowest BCUT2D eigenvalue weighted by Crippen LogP contribution is -2.16. The van der Waals surface area contributed by atoms with Crippen LogP contribution in [0.2, 0.25) is 0 Å². The maximum Gasteiger partial charge on any atom is 0.297 e. The second-order valence-corrected chi connectivity index (χ2v) is 7.00. The first kappa shape index (κ1) is 14.9. The smallest absolute Gasteiger partial charge is 0.262 e. The summed E-state index contributed by atoms with van der Waals surface area (Å²) >= 11 is 0. The van der Waals surface area contributed by atoms with E-state index in [-0.39, 0.29) is 16.9 Å². The fourth-order valence-electron chi connectivity index (χ4n) is 1.14. The molecule has 0 spiro atoms. The van der Waals surface area contributed by atoms with E-state index in [1.54, 1.807) is 24.3 Å². The molecule has 0 fully saturated rings. The van der Waals surface area contributed by atoms with Gasteiger partial charge in [-0.05, 0) is 30.0 Å². The fraction of sp³-hybridized carbons (Fsp3) is 0.429. The van der Waals surface area contributed by atoms with Crippen molar-refractivity contribution in [3.63, 3.8) is 0 Å². The molecule has 1 rings (SSSR count). The molecule has 3 nitrogen and oxygen atoms in total. The summed E-state index contributed by atoms with van der Waals surface area (Å²) in [4.78, 5) is 0.176. The second kappa shape index (κ2) is 5.24. The van der Waals surface area contributed by atoms with Gasteiger partial charge < -0.3 is 0 Å². The van der Waals surface area contributed by atoms with Gasteiger partial charge in [0.1, 0.15) is 0 Å². The van der Waals surface area contributed by atoms with Gasteiger partial charge >= 0.3 is 0 Å². The molecule has 1 aromatic rings. The highest BCUT2D eigenvalue weighted by Crippen LogP contribution is 2.24. The lowest BCUT2D eigenvalue weighted by Gasteiger charge is -2.21. The van der Waals surface area contributed by atoms with Crippen molar-refractivity contribution >= 4 is 10.1 Å². The Balaban J connectivity index is 2.78. The summed E-state index contributed by atoms with van der Waals surface area (Å²) in [6.07, 6.45) is 0. The first-order valence-electron chi connectivity index (χ1n) is 5.77. The summed E-state index contributed by atoms with van der Waals surface area (Å²) in [5.74, 6) is 0. The largest absolute Gasteiger partial charge is 0.297 e. The molecule has 0 aliphatic carbocycles. The van der Waals surface area contributed by atoms with E-state index in [9.17, 15) is 8.42 Å². The van der Waals surface area contributed by atoms with E-state index in [4.69, 9.17) is 4.18 Å². The molecule has 0 aromatic heterocycles. The summed E-state index contributed by atoms with van der Waals surface area (Å²) < 4.78 is 28.8. The van der Waals surface area contributed by atoms with Crippen LogP contribution in [-0.4, -0.2) is 15.0 Å². The van der Waals surface area contributed by atoms with Crippen LogP contribution in [0, 0.1) is 12.3 Å². The van der Waals surface area contributed by atoms with Gasteiger partial charge in [-0.1, -0.05) is 45.0 Å². The van der Waals surface area contributed by atoms with Crippen molar-refractivity contribution in [2.75, 3.05) is 6.61 Å². The van der Waals surface area contributed by atoms with E-state index in [2.05, 4.69) is 6.58 Å². The molecule has 1 aromatic carbocycles. The summed E-state index contributed by atoms with van der Waals surface area (Å²) in [5.41, 5.74) is 1.59. The molecule has 0 unspecified atom stereocenters. The van der Waals surface area contributed by atoms with Gasteiger partial charge in [-0.2, -0.15) is 8.42 Å². The Labute approximate surface area is 110 Å². The molecule has 0 aliphatic rings. The minimum absolute atomic E-state index is 0.0136. The Morgan fingerprint density at radius 3 is 2.17 bits per heavy atom. The molecule has 100 valence electrons. The van der Waals surface area contributed by atoms with Crippen LogP contribution in [0.1, 0.15) is 26.3 Å². The summed E-state index contributed by atoms with van der Waals surface area (Å²) in [5, 5.41) is 0. The molecule has 0 radical (unpaired) electrons.